The molecule has 2 rings (SSSR count). The average molecular weight is 396 g/mol. The van der Waals surface area contributed by atoms with E-state index >= 15 is 0 Å². The fraction of sp³-hybridized carbons (Fsp3) is 0.583. The Morgan fingerprint density at radius 2 is 2.32 bits per heavy atom. The highest BCUT2D eigenvalue weighted by molar-refractivity contribution is 14.1. The molecule has 0 unspecified atom stereocenters. The third-order valence-electron chi connectivity index (χ3n) is 3.05. The fourth-order valence-electron chi connectivity index (χ4n) is 2.04. The number of sulfonamides is 1. The molecule has 0 spiro atoms. The van der Waals surface area contributed by atoms with Crippen LogP contribution in [0.1, 0.15) is 18.4 Å². The van der Waals surface area contributed by atoms with E-state index in [9.17, 15) is 8.42 Å². The first-order valence-corrected chi connectivity index (χ1v) is 9.05. The smallest absolute Gasteiger partial charge is 0.211 e. The Morgan fingerprint density at radius 1 is 1.53 bits per heavy atom. The molecular formula is C12H17IN2O3S. The molecule has 19 heavy (non-hydrogen) atoms. The van der Waals surface area contributed by atoms with Gasteiger partial charge in [-0.05, 0) is 47.1 Å². The van der Waals surface area contributed by atoms with Gasteiger partial charge < -0.3 is 4.74 Å². The van der Waals surface area contributed by atoms with E-state index in [0.29, 0.717) is 13.1 Å². The number of hydrogen-bond acceptors (Lipinski definition) is 4. The first kappa shape index (κ1) is 15.1. The van der Waals surface area contributed by atoms with E-state index < -0.39 is 10.0 Å². The number of halogens is 1. The lowest BCUT2D eigenvalue weighted by Crippen LogP contribution is -2.36. The van der Waals surface area contributed by atoms with Crippen molar-refractivity contribution in [3.8, 4) is 0 Å². The quantitative estimate of drug-likeness (QED) is 0.561. The molecule has 106 valence electrons. The fourth-order valence-corrected chi connectivity index (χ4v) is 3.18. The predicted octanol–water partition coefficient (Wildman–Crippen LogP) is 1.63. The summed E-state index contributed by atoms with van der Waals surface area (Å²) in [7, 11) is -3.24. The zero-order valence-electron chi connectivity index (χ0n) is 10.8. The second-order valence-electron chi connectivity index (χ2n) is 4.68. The third kappa shape index (κ3) is 4.66. The van der Waals surface area contributed by atoms with Crippen LogP contribution in [0.15, 0.2) is 18.3 Å². The lowest BCUT2D eigenvalue weighted by molar-refractivity contribution is 0.0927. The highest BCUT2D eigenvalue weighted by atomic mass is 127. The molecular weight excluding hydrogens is 379 g/mol. The minimum atomic E-state index is -3.24. The van der Waals surface area contributed by atoms with Crippen LogP contribution in [0.25, 0.3) is 0 Å². The molecule has 0 saturated carbocycles. The van der Waals surface area contributed by atoms with Gasteiger partial charge in [0.2, 0.25) is 10.0 Å². The number of rotatable bonds is 5. The van der Waals surface area contributed by atoms with E-state index in [1.807, 2.05) is 12.1 Å². The van der Waals surface area contributed by atoms with Crippen LogP contribution >= 0.6 is 22.6 Å². The molecule has 0 radical (unpaired) electrons. The Labute approximate surface area is 127 Å². The van der Waals surface area contributed by atoms with Gasteiger partial charge in [-0.1, -0.05) is 6.07 Å². The van der Waals surface area contributed by atoms with E-state index in [4.69, 9.17) is 4.74 Å². The van der Waals surface area contributed by atoms with Crippen molar-refractivity contribution >= 4 is 32.6 Å². The van der Waals surface area contributed by atoms with Crippen LogP contribution < -0.4 is 0 Å². The molecule has 2 heterocycles. The standard InChI is InChI=1S/C12H17IN2O3S/c1-19(16,17)15(9-11-3-2-6-18-11)8-10-4-5-12(13)14-7-10/h4-5,7,11H,2-3,6,8-9H2,1H3/t11-/m0/s1. The van der Waals surface area contributed by atoms with Crippen molar-refractivity contribution in [3.63, 3.8) is 0 Å². The molecule has 7 heteroatoms. The number of aromatic nitrogens is 1. The normalized spacial score (nSPS) is 20.1. The van der Waals surface area contributed by atoms with Crippen molar-refractivity contribution < 1.29 is 13.2 Å². The van der Waals surface area contributed by atoms with Crippen LogP contribution in [-0.4, -0.2) is 43.2 Å². The Bertz CT molecular complexity index is 512. The monoisotopic (exact) mass is 396 g/mol. The zero-order chi connectivity index (χ0) is 13.9. The molecule has 0 bridgehead atoms. The summed E-state index contributed by atoms with van der Waals surface area (Å²) in [6, 6.07) is 3.78. The van der Waals surface area contributed by atoms with E-state index in [0.717, 1.165) is 28.7 Å². The average Bonchev–Trinajstić information content (AvgIpc) is 2.83. The first-order chi connectivity index (χ1) is 8.95. The topological polar surface area (TPSA) is 59.5 Å². The maximum Gasteiger partial charge on any atom is 0.211 e. The lowest BCUT2D eigenvalue weighted by atomic mass is 10.2. The van der Waals surface area contributed by atoms with Gasteiger partial charge in [0.25, 0.3) is 0 Å². The maximum atomic E-state index is 11.8. The van der Waals surface area contributed by atoms with Crippen LogP contribution in [0.4, 0.5) is 0 Å². The van der Waals surface area contributed by atoms with Gasteiger partial charge in [-0.2, -0.15) is 4.31 Å². The minimum Gasteiger partial charge on any atom is -0.377 e. The molecule has 5 nitrogen and oxygen atoms in total. The number of ether oxygens (including phenoxy) is 1. The summed E-state index contributed by atoms with van der Waals surface area (Å²) < 4.78 is 31.6. The van der Waals surface area contributed by atoms with E-state index in [1.54, 1.807) is 6.20 Å². The van der Waals surface area contributed by atoms with E-state index in [2.05, 4.69) is 27.6 Å². The number of pyridine rings is 1. The Morgan fingerprint density at radius 3 is 2.84 bits per heavy atom. The summed E-state index contributed by atoms with van der Waals surface area (Å²) in [5.41, 5.74) is 0.892. The Balaban J connectivity index is 2.07. The second kappa shape index (κ2) is 6.47. The van der Waals surface area contributed by atoms with Crippen LogP contribution in [-0.2, 0) is 21.3 Å². The molecule has 1 aromatic rings. The van der Waals surface area contributed by atoms with Gasteiger partial charge in [-0.3, -0.25) is 0 Å². The number of nitrogens with zero attached hydrogens (tertiary/aromatic N) is 2. The molecule has 0 aromatic carbocycles. The van der Waals surface area contributed by atoms with Crippen molar-refractivity contribution in [2.75, 3.05) is 19.4 Å². The van der Waals surface area contributed by atoms with Gasteiger partial charge in [0.1, 0.15) is 3.70 Å². The molecule has 1 atom stereocenters. The molecule has 1 aliphatic rings. The summed E-state index contributed by atoms with van der Waals surface area (Å²) in [5, 5.41) is 0. The third-order valence-corrected chi connectivity index (χ3v) is 4.90. The van der Waals surface area contributed by atoms with Gasteiger partial charge in [0.05, 0.1) is 12.4 Å². The Hall–Kier alpha value is -0.250. The summed E-state index contributed by atoms with van der Waals surface area (Å²) in [5.74, 6) is 0. The summed E-state index contributed by atoms with van der Waals surface area (Å²) in [4.78, 5) is 4.18. The van der Waals surface area contributed by atoms with Gasteiger partial charge in [-0.25, -0.2) is 13.4 Å². The molecule has 0 aliphatic carbocycles. The largest absolute Gasteiger partial charge is 0.377 e. The summed E-state index contributed by atoms with van der Waals surface area (Å²) in [6.45, 7) is 1.50. The van der Waals surface area contributed by atoms with Crippen LogP contribution in [0.2, 0.25) is 0 Å². The van der Waals surface area contributed by atoms with E-state index in [1.165, 1.54) is 10.6 Å². The van der Waals surface area contributed by atoms with Crippen LogP contribution in [0.3, 0.4) is 0 Å². The van der Waals surface area contributed by atoms with Gasteiger partial charge in [-0.15, -0.1) is 0 Å². The van der Waals surface area contributed by atoms with E-state index in [-0.39, 0.29) is 6.10 Å². The van der Waals surface area contributed by atoms with Gasteiger partial charge in [0, 0.05) is 25.9 Å². The van der Waals surface area contributed by atoms with Crippen LogP contribution in [0.5, 0.6) is 0 Å². The van der Waals surface area contributed by atoms with Crippen molar-refractivity contribution in [1.29, 1.82) is 0 Å². The highest BCUT2D eigenvalue weighted by Crippen LogP contribution is 2.17. The van der Waals surface area contributed by atoms with Gasteiger partial charge >= 0.3 is 0 Å². The maximum absolute atomic E-state index is 11.8. The molecule has 1 saturated heterocycles. The molecule has 1 aromatic heterocycles. The van der Waals surface area contributed by atoms with Crippen molar-refractivity contribution in [2.45, 2.75) is 25.5 Å². The number of hydrogen-bond donors (Lipinski definition) is 0. The minimum absolute atomic E-state index is 0.0199. The SMILES string of the molecule is CS(=O)(=O)N(Cc1ccc(I)nc1)C[C@@H]1CCCO1. The molecule has 1 aliphatic heterocycles. The molecule has 0 N–H and O–H groups in total. The highest BCUT2D eigenvalue weighted by Gasteiger charge is 2.24. The predicted molar refractivity (Wildman–Crippen MR) is 81.2 cm³/mol. The van der Waals surface area contributed by atoms with Crippen molar-refractivity contribution in [2.24, 2.45) is 0 Å². The second-order valence-corrected chi connectivity index (χ2v) is 7.77. The van der Waals surface area contributed by atoms with Crippen LogP contribution in [0, 0.1) is 3.70 Å². The van der Waals surface area contributed by atoms with Crippen molar-refractivity contribution in [1.82, 2.24) is 9.29 Å². The summed E-state index contributed by atoms with van der Waals surface area (Å²) in [6.07, 6.45) is 4.91. The Kier molecular flexibility index (Phi) is 5.15. The molecule has 1 fully saturated rings. The zero-order valence-corrected chi connectivity index (χ0v) is 13.7. The summed E-state index contributed by atoms with van der Waals surface area (Å²) >= 11 is 2.12. The first-order valence-electron chi connectivity index (χ1n) is 6.12. The van der Waals surface area contributed by atoms with Crippen molar-refractivity contribution in [3.05, 3.63) is 27.6 Å². The van der Waals surface area contributed by atoms with Gasteiger partial charge in [0.15, 0.2) is 0 Å². The molecule has 0 amide bonds. The lowest BCUT2D eigenvalue weighted by Gasteiger charge is -2.22.